The van der Waals surface area contributed by atoms with Crippen molar-refractivity contribution in [3.63, 3.8) is 0 Å². The van der Waals surface area contributed by atoms with E-state index in [4.69, 9.17) is 23.2 Å². The third-order valence-corrected chi connectivity index (χ3v) is 4.88. The van der Waals surface area contributed by atoms with E-state index >= 15 is 0 Å². The second-order valence-corrected chi connectivity index (χ2v) is 7.20. The van der Waals surface area contributed by atoms with Gasteiger partial charge in [-0.05, 0) is 58.7 Å². The maximum Gasteiger partial charge on any atom is 0.296 e. The Morgan fingerprint density at radius 3 is 2.64 bits per heavy atom. The van der Waals surface area contributed by atoms with Gasteiger partial charge in [0.15, 0.2) is 5.69 Å². The van der Waals surface area contributed by atoms with Crippen molar-refractivity contribution >= 4 is 61.6 Å². The number of hydrogen-bond donors (Lipinski definition) is 1. The summed E-state index contributed by atoms with van der Waals surface area (Å²) in [5.41, 5.74) is 2.15. The average Bonchev–Trinajstić information content (AvgIpc) is 2.76. The summed E-state index contributed by atoms with van der Waals surface area (Å²) in [5, 5.41) is 19.3. The molecule has 1 amide bonds. The minimum atomic E-state index is -0.621. The van der Waals surface area contributed by atoms with Gasteiger partial charge in [0.25, 0.3) is 5.91 Å². The fraction of sp³-hybridized carbons (Fsp3) is 0.118. The average molecular weight is 441 g/mol. The van der Waals surface area contributed by atoms with E-state index < -0.39 is 5.91 Å². The first-order chi connectivity index (χ1) is 11.8. The molecule has 0 fully saturated rings. The SMILES string of the molecule is Cc1cc(Br)c2c(c1)c(N=NC(=O)c1ccc(Cl)cc1Cl)c(O)n2C. The van der Waals surface area contributed by atoms with E-state index in [9.17, 15) is 9.90 Å². The maximum atomic E-state index is 12.3. The first-order valence-electron chi connectivity index (χ1n) is 7.18. The van der Waals surface area contributed by atoms with Crippen LogP contribution in [0.2, 0.25) is 10.0 Å². The topological polar surface area (TPSA) is 66.9 Å². The molecule has 1 heterocycles. The number of aromatic hydroxyl groups is 1. The lowest BCUT2D eigenvalue weighted by Crippen LogP contribution is -1.94. The van der Waals surface area contributed by atoms with Crippen LogP contribution in [0.3, 0.4) is 0 Å². The summed E-state index contributed by atoms with van der Waals surface area (Å²) in [6, 6.07) is 8.29. The quantitative estimate of drug-likeness (QED) is 0.483. The summed E-state index contributed by atoms with van der Waals surface area (Å²) in [7, 11) is 1.70. The Labute approximate surface area is 162 Å². The normalized spacial score (nSPS) is 11.6. The lowest BCUT2D eigenvalue weighted by Gasteiger charge is -2.01. The highest BCUT2D eigenvalue weighted by atomic mass is 79.9. The molecule has 1 aromatic heterocycles. The van der Waals surface area contributed by atoms with Gasteiger partial charge in [-0.15, -0.1) is 10.2 Å². The summed E-state index contributed by atoms with van der Waals surface area (Å²) in [6.07, 6.45) is 0. The van der Waals surface area contributed by atoms with E-state index in [-0.39, 0.29) is 22.2 Å². The zero-order valence-corrected chi connectivity index (χ0v) is 16.3. The van der Waals surface area contributed by atoms with Crippen LogP contribution in [0.15, 0.2) is 45.0 Å². The number of rotatable bonds is 2. The van der Waals surface area contributed by atoms with E-state index in [0.717, 1.165) is 15.6 Å². The van der Waals surface area contributed by atoms with Crippen molar-refractivity contribution in [2.75, 3.05) is 0 Å². The summed E-state index contributed by atoms with van der Waals surface area (Å²) in [6.45, 7) is 1.92. The minimum absolute atomic E-state index is 0.0833. The minimum Gasteiger partial charge on any atom is -0.493 e. The van der Waals surface area contributed by atoms with Gasteiger partial charge in [0.1, 0.15) is 0 Å². The Morgan fingerprint density at radius 2 is 1.96 bits per heavy atom. The number of fused-ring (bicyclic) bond motifs is 1. The number of azo groups is 1. The second kappa shape index (κ2) is 6.78. The summed E-state index contributed by atoms with van der Waals surface area (Å²) in [5.74, 6) is -0.704. The van der Waals surface area contributed by atoms with Crippen molar-refractivity contribution in [1.29, 1.82) is 0 Å². The number of amides is 1. The number of nitrogens with zero attached hydrogens (tertiary/aromatic N) is 3. The molecule has 0 saturated carbocycles. The number of aromatic nitrogens is 1. The van der Waals surface area contributed by atoms with Gasteiger partial charge in [-0.2, -0.15) is 0 Å². The molecule has 0 unspecified atom stereocenters. The van der Waals surface area contributed by atoms with Gasteiger partial charge in [0.2, 0.25) is 5.88 Å². The number of carbonyl (C=O) groups excluding carboxylic acids is 1. The molecule has 0 bridgehead atoms. The monoisotopic (exact) mass is 439 g/mol. The smallest absolute Gasteiger partial charge is 0.296 e. The molecule has 0 aliphatic rings. The van der Waals surface area contributed by atoms with E-state index in [1.807, 2.05) is 19.1 Å². The predicted molar refractivity (Wildman–Crippen MR) is 102 cm³/mol. The van der Waals surface area contributed by atoms with Crippen LogP contribution in [0, 0.1) is 6.92 Å². The van der Waals surface area contributed by atoms with Crippen molar-refractivity contribution in [2.24, 2.45) is 17.3 Å². The van der Waals surface area contributed by atoms with Gasteiger partial charge < -0.3 is 9.67 Å². The molecule has 0 aliphatic carbocycles. The van der Waals surface area contributed by atoms with Crippen molar-refractivity contribution in [1.82, 2.24) is 4.57 Å². The molecule has 3 rings (SSSR count). The molecule has 128 valence electrons. The van der Waals surface area contributed by atoms with Gasteiger partial charge in [-0.25, -0.2) is 0 Å². The van der Waals surface area contributed by atoms with Gasteiger partial charge in [-0.3, -0.25) is 4.79 Å². The van der Waals surface area contributed by atoms with Crippen LogP contribution in [-0.2, 0) is 7.05 Å². The van der Waals surface area contributed by atoms with E-state index in [2.05, 4.69) is 26.2 Å². The molecule has 3 aromatic rings. The second-order valence-electron chi connectivity index (χ2n) is 5.50. The first-order valence-corrected chi connectivity index (χ1v) is 8.73. The molecule has 8 heteroatoms. The Hall–Kier alpha value is -1.89. The highest BCUT2D eigenvalue weighted by Gasteiger charge is 2.18. The Balaban J connectivity index is 2.07. The van der Waals surface area contributed by atoms with E-state index in [0.29, 0.717) is 10.4 Å². The Kier molecular flexibility index (Phi) is 4.86. The summed E-state index contributed by atoms with van der Waals surface area (Å²) in [4.78, 5) is 12.3. The molecular weight excluding hydrogens is 429 g/mol. The fourth-order valence-corrected chi connectivity index (χ4v) is 3.88. The van der Waals surface area contributed by atoms with Crippen LogP contribution in [0.1, 0.15) is 15.9 Å². The standard InChI is InChI=1S/C17H12BrCl2N3O2/c1-8-5-11-14(17(25)23(2)15(11)12(18)6-8)21-22-16(24)10-4-3-9(19)7-13(10)20/h3-7,25H,1-2H3. The number of halogens is 3. The first kappa shape index (κ1) is 17.9. The third kappa shape index (κ3) is 3.29. The van der Waals surface area contributed by atoms with Crippen molar-refractivity contribution < 1.29 is 9.90 Å². The molecule has 1 N–H and O–H groups in total. The van der Waals surface area contributed by atoms with Gasteiger partial charge in [0.05, 0.1) is 16.1 Å². The molecule has 2 aromatic carbocycles. The molecule has 0 saturated heterocycles. The number of aryl methyl sites for hydroxylation is 2. The van der Waals surface area contributed by atoms with Gasteiger partial charge >= 0.3 is 0 Å². The van der Waals surface area contributed by atoms with Crippen molar-refractivity contribution in [3.05, 3.63) is 56.0 Å². The van der Waals surface area contributed by atoms with Crippen LogP contribution < -0.4 is 0 Å². The Bertz CT molecular complexity index is 1040. The number of benzene rings is 2. The van der Waals surface area contributed by atoms with E-state index in [1.54, 1.807) is 17.7 Å². The van der Waals surface area contributed by atoms with Crippen LogP contribution >= 0.6 is 39.1 Å². The van der Waals surface area contributed by atoms with Crippen molar-refractivity contribution in [2.45, 2.75) is 6.92 Å². The maximum absolute atomic E-state index is 12.3. The van der Waals surface area contributed by atoms with Crippen LogP contribution in [-0.4, -0.2) is 15.6 Å². The molecule has 5 nitrogen and oxygen atoms in total. The summed E-state index contributed by atoms with van der Waals surface area (Å²) < 4.78 is 2.39. The highest BCUT2D eigenvalue weighted by molar-refractivity contribution is 9.10. The molecular formula is C17H12BrCl2N3O2. The lowest BCUT2D eigenvalue weighted by molar-refractivity contribution is 0.0995. The number of carbonyl (C=O) groups is 1. The third-order valence-electron chi connectivity index (χ3n) is 3.73. The summed E-state index contributed by atoms with van der Waals surface area (Å²) >= 11 is 15.3. The van der Waals surface area contributed by atoms with Crippen LogP contribution in [0.4, 0.5) is 5.69 Å². The zero-order valence-electron chi connectivity index (χ0n) is 13.2. The van der Waals surface area contributed by atoms with Crippen LogP contribution in [0.25, 0.3) is 10.9 Å². The van der Waals surface area contributed by atoms with Crippen molar-refractivity contribution in [3.8, 4) is 5.88 Å². The molecule has 0 aliphatic heterocycles. The molecule has 0 spiro atoms. The molecule has 25 heavy (non-hydrogen) atoms. The predicted octanol–water partition coefficient (Wildman–Crippen LogP) is 6.19. The van der Waals surface area contributed by atoms with Crippen LogP contribution in [0.5, 0.6) is 5.88 Å². The lowest BCUT2D eigenvalue weighted by atomic mass is 10.1. The number of hydrogen-bond acceptors (Lipinski definition) is 3. The van der Waals surface area contributed by atoms with E-state index in [1.165, 1.54) is 12.1 Å². The largest absolute Gasteiger partial charge is 0.493 e. The molecule has 0 radical (unpaired) electrons. The fourth-order valence-electron chi connectivity index (χ4n) is 2.55. The zero-order chi connectivity index (χ0) is 18.3. The molecule has 0 atom stereocenters. The highest BCUT2D eigenvalue weighted by Crippen LogP contribution is 2.41. The Morgan fingerprint density at radius 1 is 1.24 bits per heavy atom. The van der Waals surface area contributed by atoms with Gasteiger partial charge in [0, 0.05) is 21.9 Å². The van der Waals surface area contributed by atoms with Gasteiger partial charge in [-0.1, -0.05) is 23.2 Å².